The van der Waals surface area contributed by atoms with Crippen molar-refractivity contribution < 1.29 is 23.9 Å². The lowest BCUT2D eigenvalue weighted by molar-refractivity contribution is -0.147. The maximum atomic E-state index is 13.8. The normalized spacial score (nSPS) is 15.4. The number of amides is 4. The molecule has 4 amide bonds. The highest BCUT2D eigenvalue weighted by Crippen LogP contribution is 2.35. The molecule has 0 bridgehead atoms. The molecule has 2 atom stereocenters. The second-order valence-corrected chi connectivity index (χ2v) is 13.3. The minimum Gasteiger partial charge on any atom is -0.459 e. The molecule has 13 heteroatoms. The number of fused-ring (bicyclic) bond motifs is 3. The van der Waals surface area contributed by atoms with Crippen molar-refractivity contribution >= 4 is 58.1 Å². The van der Waals surface area contributed by atoms with E-state index in [0.717, 1.165) is 40.6 Å². The van der Waals surface area contributed by atoms with E-state index in [4.69, 9.17) is 27.9 Å². The number of aromatic amines is 1. The molecule has 51 heavy (non-hydrogen) atoms. The van der Waals surface area contributed by atoms with E-state index in [2.05, 4.69) is 25.9 Å². The molecule has 11 nitrogen and oxygen atoms in total. The Balaban J connectivity index is 1.05. The van der Waals surface area contributed by atoms with E-state index < -0.39 is 23.9 Å². The Kier molecular flexibility index (Phi) is 9.92. The molecule has 1 aliphatic heterocycles. The van der Waals surface area contributed by atoms with Crippen LogP contribution in [0.4, 0.5) is 4.79 Å². The van der Waals surface area contributed by atoms with Gasteiger partial charge in [-0.15, -0.1) is 0 Å². The molecule has 0 radical (unpaired) electrons. The van der Waals surface area contributed by atoms with Crippen molar-refractivity contribution in [2.24, 2.45) is 0 Å². The van der Waals surface area contributed by atoms with E-state index in [1.807, 2.05) is 54.6 Å². The summed E-state index contributed by atoms with van der Waals surface area (Å²) in [5.41, 5.74) is 6.45. The van der Waals surface area contributed by atoms with Crippen LogP contribution in [-0.2, 0) is 35.5 Å². The number of aromatic nitrogens is 2. The number of imidazole rings is 1. The second kappa shape index (κ2) is 14.8. The quantitative estimate of drug-likeness (QED) is 0.139. The lowest BCUT2D eigenvalue weighted by Gasteiger charge is -2.30. The lowest BCUT2D eigenvalue weighted by atomic mass is 9.96. The summed E-state index contributed by atoms with van der Waals surface area (Å²) in [4.78, 5) is 62.5. The average Bonchev–Trinajstić information content (AvgIpc) is 3.79. The van der Waals surface area contributed by atoms with Crippen molar-refractivity contribution in [3.05, 3.63) is 134 Å². The third-order valence-corrected chi connectivity index (χ3v) is 10.0. The highest BCUT2D eigenvalue weighted by Gasteiger charge is 2.31. The van der Waals surface area contributed by atoms with Gasteiger partial charge >= 0.3 is 12.0 Å². The fraction of sp³-hybridized carbons (Fsp3) is 0.237. The van der Waals surface area contributed by atoms with Crippen molar-refractivity contribution in [1.82, 2.24) is 30.8 Å². The van der Waals surface area contributed by atoms with Crippen LogP contribution in [0.3, 0.4) is 0 Å². The van der Waals surface area contributed by atoms with Crippen molar-refractivity contribution in [3.63, 3.8) is 0 Å². The molecule has 0 fully saturated rings. The summed E-state index contributed by atoms with van der Waals surface area (Å²) in [7, 11) is 0. The number of nitrogens with one attached hydrogen (secondary N) is 4. The molecule has 2 aliphatic rings. The first kappa shape index (κ1) is 34.1. The first-order valence-corrected chi connectivity index (χ1v) is 17.4. The van der Waals surface area contributed by atoms with E-state index in [1.54, 1.807) is 35.5 Å². The number of esters is 1. The van der Waals surface area contributed by atoms with Crippen LogP contribution in [0.15, 0.2) is 85.2 Å². The third kappa shape index (κ3) is 7.40. The van der Waals surface area contributed by atoms with Gasteiger partial charge in [-0.1, -0.05) is 77.8 Å². The van der Waals surface area contributed by atoms with Gasteiger partial charge in [0, 0.05) is 18.7 Å². The molecule has 0 saturated carbocycles. The zero-order valence-electron chi connectivity index (χ0n) is 27.4. The van der Waals surface area contributed by atoms with Crippen LogP contribution >= 0.6 is 23.2 Å². The lowest BCUT2D eigenvalue weighted by Crippen LogP contribution is -2.51. The molecular formula is C38H34Cl2N6O5. The molecule has 0 saturated heterocycles. The number of hydrogen-bond acceptors (Lipinski definition) is 6. The monoisotopic (exact) mass is 724 g/mol. The zero-order valence-corrected chi connectivity index (χ0v) is 28.9. The van der Waals surface area contributed by atoms with Gasteiger partial charge in [0.15, 0.2) is 0 Å². The van der Waals surface area contributed by atoms with Crippen LogP contribution in [0.5, 0.6) is 0 Å². The summed E-state index contributed by atoms with van der Waals surface area (Å²) >= 11 is 13.5. The van der Waals surface area contributed by atoms with Crippen molar-refractivity contribution in [1.29, 1.82) is 0 Å². The Morgan fingerprint density at radius 2 is 1.76 bits per heavy atom. The van der Waals surface area contributed by atoms with Crippen molar-refractivity contribution in [2.45, 2.75) is 44.5 Å². The highest BCUT2D eigenvalue weighted by molar-refractivity contribution is 6.40. The van der Waals surface area contributed by atoms with Gasteiger partial charge in [0.2, 0.25) is 0 Å². The molecular weight excluding hydrogens is 691 g/mol. The number of H-pyrrole nitrogens is 1. The van der Waals surface area contributed by atoms with Gasteiger partial charge in [-0.3, -0.25) is 9.59 Å². The second-order valence-electron chi connectivity index (χ2n) is 12.6. The summed E-state index contributed by atoms with van der Waals surface area (Å²) < 4.78 is 5.55. The molecule has 5 aromatic rings. The molecule has 0 unspecified atom stereocenters. The first-order chi connectivity index (χ1) is 24.7. The summed E-state index contributed by atoms with van der Waals surface area (Å²) in [5.74, 6) is -1.60. The number of nitrogens with zero attached hydrogens (tertiary/aromatic N) is 2. The molecule has 4 aromatic carbocycles. The predicted octanol–water partition coefficient (Wildman–Crippen LogP) is 5.90. The van der Waals surface area contributed by atoms with Crippen LogP contribution in [0, 0.1) is 0 Å². The van der Waals surface area contributed by atoms with Crippen LogP contribution in [0.2, 0.25) is 10.0 Å². The van der Waals surface area contributed by atoms with Gasteiger partial charge in [-0.05, 0) is 71.3 Å². The summed E-state index contributed by atoms with van der Waals surface area (Å²) in [5, 5.41) is 8.57. The van der Waals surface area contributed by atoms with Crippen LogP contribution in [-0.4, -0.2) is 57.8 Å². The van der Waals surface area contributed by atoms with E-state index in [9.17, 15) is 19.2 Å². The Hall–Kier alpha value is -5.39. The number of halogens is 2. The molecule has 1 aliphatic carbocycles. The van der Waals surface area contributed by atoms with Crippen molar-refractivity contribution in [2.75, 3.05) is 13.1 Å². The average molecular weight is 726 g/mol. The Morgan fingerprint density at radius 1 is 0.961 bits per heavy atom. The molecule has 4 N–H and O–H groups in total. The number of aryl methyl sites for hydroxylation is 1. The number of benzene rings is 4. The Morgan fingerprint density at radius 3 is 2.61 bits per heavy atom. The Labute approximate surface area is 303 Å². The summed E-state index contributed by atoms with van der Waals surface area (Å²) in [6.07, 6.45) is 3.57. The minimum absolute atomic E-state index is 0.00516. The maximum absolute atomic E-state index is 13.8. The summed E-state index contributed by atoms with van der Waals surface area (Å²) in [6.45, 7) is 0.341. The van der Waals surface area contributed by atoms with E-state index in [1.165, 1.54) is 5.56 Å². The SMILES string of the molecule is O=C(NC[C@H](NC(=O)c1c(Cl)cc2c(c1Cl)CCN(C(=O)c1ccc3nc[nH]c3c1)C2)C(=O)OCc1ccccc1)N[C@@H]1CCc2ccccc21. The van der Waals surface area contributed by atoms with Crippen LogP contribution in [0.1, 0.15) is 61.0 Å². The van der Waals surface area contributed by atoms with E-state index >= 15 is 0 Å². The smallest absolute Gasteiger partial charge is 0.330 e. The number of rotatable bonds is 9. The van der Waals surface area contributed by atoms with Gasteiger partial charge in [-0.25, -0.2) is 14.6 Å². The fourth-order valence-corrected chi connectivity index (χ4v) is 7.41. The van der Waals surface area contributed by atoms with E-state index in [0.29, 0.717) is 24.1 Å². The molecule has 260 valence electrons. The molecule has 2 heterocycles. The minimum atomic E-state index is -1.26. The number of carbonyl (C=O) groups is 4. The predicted molar refractivity (Wildman–Crippen MR) is 193 cm³/mol. The number of hydrogen-bond donors (Lipinski definition) is 4. The largest absolute Gasteiger partial charge is 0.459 e. The number of ether oxygens (including phenoxy) is 1. The topological polar surface area (TPSA) is 146 Å². The Bertz CT molecular complexity index is 2140. The highest BCUT2D eigenvalue weighted by atomic mass is 35.5. The number of carbonyl (C=O) groups excluding carboxylic acids is 4. The van der Waals surface area contributed by atoms with Gasteiger partial charge in [0.05, 0.1) is 45.6 Å². The molecule has 7 rings (SSSR count). The first-order valence-electron chi connectivity index (χ1n) is 16.6. The van der Waals surface area contributed by atoms with Gasteiger partial charge < -0.3 is 30.6 Å². The fourth-order valence-electron chi connectivity index (χ4n) is 6.65. The number of urea groups is 1. The van der Waals surface area contributed by atoms with Gasteiger partial charge in [0.25, 0.3) is 11.8 Å². The third-order valence-electron chi connectivity index (χ3n) is 9.30. The zero-order chi connectivity index (χ0) is 35.5. The summed E-state index contributed by atoms with van der Waals surface area (Å²) in [6, 6.07) is 22.1. The van der Waals surface area contributed by atoms with Gasteiger partial charge in [0.1, 0.15) is 12.6 Å². The van der Waals surface area contributed by atoms with Crippen LogP contribution in [0.25, 0.3) is 11.0 Å². The molecule has 0 spiro atoms. The van der Waals surface area contributed by atoms with Crippen molar-refractivity contribution in [3.8, 4) is 0 Å². The van der Waals surface area contributed by atoms with Gasteiger partial charge in [-0.2, -0.15) is 0 Å². The molecule has 1 aromatic heterocycles. The van der Waals surface area contributed by atoms with Crippen LogP contribution < -0.4 is 16.0 Å². The van der Waals surface area contributed by atoms with E-state index in [-0.39, 0.29) is 47.3 Å². The standard InChI is InChI=1S/C38H34Cl2N6O5/c39-28-16-25-19-46(36(48)24-11-13-30-31(17-24)43-21-42-30)15-14-27(25)34(40)33(28)35(47)44-32(37(49)51-20-22-6-2-1-3-7-22)18-41-38(50)45-29-12-10-23-8-4-5-9-26(23)29/h1-9,11,13,16-17,21,29,32H,10,12,14-15,18-20H2,(H,42,43)(H,44,47)(H2,41,45,50)/t29-,32+/m1/s1. The maximum Gasteiger partial charge on any atom is 0.330 e.